The van der Waals surface area contributed by atoms with Gasteiger partial charge in [-0.15, -0.1) is 0 Å². The molecule has 3 heterocycles. The zero-order chi connectivity index (χ0) is 35.1. The molecule has 1 spiro atoms. The second-order valence-corrected chi connectivity index (χ2v) is 17.4. The number of rotatable bonds is 11. The monoisotopic (exact) mass is 687 g/mol. The van der Waals surface area contributed by atoms with Gasteiger partial charge in [0, 0.05) is 42.7 Å². The standard InChI is InChI=1S/C37H42FN3O7Si/c1-24-35(49(3,4)38)31(20-32(44)39(17-18-42)22-26-11-7-5-8-12-26)48-37(24)29-19-28(41-33(45)21-34(41)47-25(2)43)15-16-30(29)40(36(37)46)23-27-13-9-6-10-14-27/h5-16,19,24,31,34-35,42H,17-18,20-23H2,1-4H3/t24-,31+,34?,35-,37+/m1/s1. The Bertz CT molecular complexity index is 1740. The Balaban J connectivity index is 1.40. The zero-order valence-corrected chi connectivity index (χ0v) is 29.2. The van der Waals surface area contributed by atoms with Gasteiger partial charge in [-0.1, -0.05) is 67.6 Å². The molecule has 0 radical (unpaired) electrons. The molecule has 0 aliphatic carbocycles. The molecular weight excluding hydrogens is 646 g/mol. The minimum absolute atomic E-state index is 0.0367. The van der Waals surface area contributed by atoms with Gasteiger partial charge < -0.3 is 28.5 Å². The lowest BCUT2D eigenvalue weighted by atomic mass is 9.82. The Hall–Kier alpha value is -4.39. The van der Waals surface area contributed by atoms with Crippen LogP contribution in [0.4, 0.5) is 15.5 Å². The maximum atomic E-state index is 16.5. The number of carbonyl (C=O) groups excluding carboxylic acids is 4. The fraction of sp³-hybridized carbons (Fsp3) is 0.405. The molecule has 3 aliphatic heterocycles. The van der Waals surface area contributed by atoms with Crippen LogP contribution in [0.3, 0.4) is 0 Å². The second-order valence-electron chi connectivity index (χ2n) is 13.6. The van der Waals surface area contributed by atoms with Gasteiger partial charge in [0.05, 0.1) is 37.8 Å². The average Bonchev–Trinajstić information content (AvgIpc) is 3.47. The molecule has 6 rings (SSSR count). The number of aliphatic hydroxyl groups is 1. The number of hydrogen-bond donors (Lipinski definition) is 1. The fourth-order valence-electron chi connectivity index (χ4n) is 7.81. The van der Waals surface area contributed by atoms with E-state index in [1.807, 2.05) is 67.6 Å². The zero-order valence-electron chi connectivity index (χ0n) is 28.2. The molecule has 49 heavy (non-hydrogen) atoms. The summed E-state index contributed by atoms with van der Waals surface area (Å²) < 4.78 is 28.7. The van der Waals surface area contributed by atoms with Gasteiger partial charge in [-0.25, -0.2) is 0 Å². The molecule has 1 N–H and O–H groups in total. The average molecular weight is 688 g/mol. The first kappa shape index (κ1) is 34.5. The van der Waals surface area contributed by atoms with Crippen molar-refractivity contribution in [3.8, 4) is 0 Å². The number of anilines is 2. The highest BCUT2D eigenvalue weighted by atomic mass is 28.4. The number of benzene rings is 3. The first-order chi connectivity index (χ1) is 23.3. The maximum absolute atomic E-state index is 16.5. The Kier molecular flexibility index (Phi) is 9.49. The van der Waals surface area contributed by atoms with Gasteiger partial charge in [0.25, 0.3) is 5.91 Å². The Labute approximate surface area is 286 Å². The number of esters is 1. The van der Waals surface area contributed by atoms with Crippen molar-refractivity contribution in [2.75, 3.05) is 23.0 Å². The number of amides is 3. The van der Waals surface area contributed by atoms with Gasteiger partial charge in [0.2, 0.25) is 20.2 Å². The van der Waals surface area contributed by atoms with Crippen molar-refractivity contribution >= 4 is 43.5 Å². The third-order valence-electron chi connectivity index (χ3n) is 9.93. The summed E-state index contributed by atoms with van der Waals surface area (Å²) in [6, 6.07) is 24.1. The molecule has 3 aromatic rings. The summed E-state index contributed by atoms with van der Waals surface area (Å²) in [5.74, 6) is -2.11. The molecule has 258 valence electrons. The normalized spacial score (nSPS) is 24.6. The van der Waals surface area contributed by atoms with E-state index in [2.05, 4.69) is 0 Å². The summed E-state index contributed by atoms with van der Waals surface area (Å²) in [5, 5.41) is 9.81. The van der Waals surface area contributed by atoms with E-state index in [1.165, 1.54) is 16.7 Å². The molecule has 2 saturated heterocycles. The summed E-state index contributed by atoms with van der Waals surface area (Å²) in [6.07, 6.45) is -1.85. The number of halogens is 1. The Morgan fingerprint density at radius 1 is 1.04 bits per heavy atom. The molecule has 12 heteroatoms. The lowest BCUT2D eigenvalue weighted by Crippen LogP contribution is -2.55. The minimum atomic E-state index is -3.59. The van der Waals surface area contributed by atoms with E-state index in [0.29, 0.717) is 16.9 Å². The van der Waals surface area contributed by atoms with E-state index in [9.17, 15) is 24.3 Å². The molecule has 3 aromatic carbocycles. The van der Waals surface area contributed by atoms with Gasteiger partial charge in [0.15, 0.2) is 11.8 Å². The lowest BCUT2D eigenvalue weighted by Gasteiger charge is -2.39. The number of carbonyl (C=O) groups is 4. The quantitative estimate of drug-likeness (QED) is 0.130. The van der Waals surface area contributed by atoms with Crippen molar-refractivity contribution in [1.29, 1.82) is 0 Å². The molecule has 0 saturated carbocycles. The Morgan fingerprint density at radius 2 is 1.69 bits per heavy atom. The predicted octanol–water partition coefficient (Wildman–Crippen LogP) is 5.05. The number of fused-ring (bicyclic) bond motifs is 2. The van der Waals surface area contributed by atoms with Gasteiger partial charge in [-0.05, 0) is 42.4 Å². The van der Waals surface area contributed by atoms with Gasteiger partial charge >= 0.3 is 5.97 Å². The van der Waals surface area contributed by atoms with Crippen molar-refractivity contribution in [2.24, 2.45) is 5.92 Å². The van der Waals surface area contributed by atoms with E-state index in [4.69, 9.17) is 9.47 Å². The van der Waals surface area contributed by atoms with E-state index in [-0.39, 0.29) is 56.8 Å². The molecule has 1 unspecified atom stereocenters. The van der Waals surface area contributed by atoms with Gasteiger partial charge in [-0.3, -0.25) is 24.1 Å². The van der Waals surface area contributed by atoms with Crippen LogP contribution in [0.25, 0.3) is 0 Å². The van der Waals surface area contributed by atoms with Crippen LogP contribution in [-0.2, 0) is 47.3 Å². The number of ether oxygens (including phenoxy) is 2. The summed E-state index contributed by atoms with van der Waals surface area (Å²) in [4.78, 5) is 57.8. The highest BCUT2D eigenvalue weighted by Gasteiger charge is 2.67. The van der Waals surface area contributed by atoms with E-state index >= 15 is 4.11 Å². The first-order valence-electron chi connectivity index (χ1n) is 16.6. The highest BCUT2D eigenvalue weighted by Crippen LogP contribution is 2.61. The van der Waals surface area contributed by atoms with Crippen LogP contribution in [0.15, 0.2) is 78.9 Å². The third kappa shape index (κ3) is 6.40. The molecule has 0 bridgehead atoms. The second kappa shape index (κ2) is 13.5. The van der Waals surface area contributed by atoms with E-state index in [0.717, 1.165) is 11.1 Å². The maximum Gasteiger partial charge on any atom is 0.304 e. The number of aliphatic hydroxyl groups excluding tert-OH is 1. The van der Waals surface area contributed by atoms with Crippen molar-refractivity contribution in [1.82, 2.24) is 4.90 Å². The van der Waals surface area contributed by atoms with Crippen molar-refractivity contribution in [3.63, 3.8) is 0 Å². The van der Waals surface area contributed by atoms with Crippen LogP contribution in [0.5, 0.6) is 0 Å². The first-order valence-corrected chi connectivity index (χ1v) is 19.6. The van der Waals surface area contributed by atoms with Gasteiger partial charge in [0.1, 0.15) is 0 Å². The number of nitrogens with zero attached hydrogens (tertiary/aromatic N) is 3. The van der Waals surface area contributed by atoms with Crippen molar-refractivity contribution in [2.45, 2.75) is 76.3 Å². The molecule has 3 aliphatic rings. The summed E-state index contributed by atoms with van der Waals surface area (Å²) in [6.45, 7) is 6.57. The van der Waals surface area contributed by atoms with Crippen LogP contribution in [0.1, 0.15) is 43.4 Å². The number of β-lactam (4-membered cyclic amide) rings is 1. The third-order valence-corrected chi connectivity index (χ3v) is 12.4. The molecular formula is C37H42FN3O7Si. The minimum Gasteiger partial charge on any atom is -0.441 e. The lowest BCUT2D eigenvalue weighted by molar-refractivity contribution is -0.154. The molecule has 3 amide bonds. The topological polar surface area (TPSA) is 117 Å². The van der Waals surface area contributed by atoms with Crippen LogP contribution in [0.2, 0.25) is 18.6 Å². The predicted molar refractivity (Wildman–Crippen MR) is 183 cm³/mol. The summed E-state index contributed by atoms with van der Waals surface area (Å²) in [7, 11) is -3.59. The van der Waals surface area contributed by atoms with Crippen LogP contribution in [-0.4, -0.2) is 67.6 Å². The molecule has 0 aromatic heterocycles. The smallest absolute Gasteiger partial charge is 0.304 e. The van der Waals surface area contributed by atoms with Gasteiger partial charge in [-0.2, -0.15) is 0 Å². The summed E-state index contributed by atoms with van der Waals surface area (Å²) in [5.41, 5.74) is 0.862. The van der Waals surface area contributed by atoms with Crippen molar-refractivity contribution < 1.29 is 37.9 Å². The number of hydrogen-bond acceptors (Lipinski definition) is 7. The summed E-state index contributed by atoms with van der Waals surface area (Å²) >= 11 is 0. The van der Waals surface area contributed by atoms with Crippen LogP contribution >= 0.6 is 0 Å². The molecule has 5 atom stereocenters. The Morgan fingerprint density at radius 3 is 2.29 bits per heavy atom. The fourth-order valence-corrected chi connectivity index (χ4v) is 10.3. The highest BCUT2D eigenvalue weighted by molar-refractivity contribution is 6.72. The largest absolute Gasteiger partial charge is 0.441 e. The molecule has 10 nitrogen and oxygen atoms in total. The van der Waals surface area contributed by atoms with Crippen LogP contribution in [0, 0.1) is 5.92 Å². The van der Waals surface area contributed by atoms with Crippen molar-refractivity contribution in [3.05, 3.63) is 95.6 Å². The van der Waals surface area contributed by atoms with Crippen LogP contribution < -0.4 is 9.80 Å². The SMILES string of the molecule is CC(=O)OC1CC(=O)N1c1ccc2c(c1)[C@]1(O[C@@H](CC(=O)N(CCO)Cc3ccccc3)[C@H]([Si](C)(C)F)[C@H]1C)C(=O)N2Cc1ccccc1. The molecule has 2 fully saturated rings. The van der Waals surface area contributed by atoms with E-state index < -0.39 is 43.8 Å². The van der Waals surface area contributed by atoms with E-state index in [1.54, 1.807) is 36.2 Å².